The van der Waals surface area contributed by atoms with E-state index < -0.39 is 0 Å². The van der Waals surface area contributed by atoms with Gasteiger partial charge in [0.1, 0.15) is 11.2 Å². The van der Waals surface area contributed by atoms with Gasteiger partial charge in [0.05, 0.1) is 22.1 Å². The van der Waals surface area contributed by atoms with Gasteiger partial charge in [-0.3, -0.25) is 0 Å². The van der Waals surface area contributed by atoms with Crippen LogP contribution in [0.4, 0.5) is 0 Å². The van der Waals surface area contributed by atoms with E-state index in [4.69, 9.17) is 4.42 Å². The lowest BCUT2D eigenvalue weighted by atomic mass is 9.89. The van der Waals surface area contributed by atoms with Crippen molar-refractivity contribution in [2.45, 2.75) is 11.8 Å². The Bertz CT molecular complexity index is 3630. The van der Waals surface area contributed by atoms with Crippen molar-refractivity contribution >= 4 is 82.0 Å². The molecule has 3 aliphatic carbocycles. The predicted octanol–water partition coefficient (Wildman–Crippen LogP) is 14.0. The topological polar surface area (TPSA) is 23.0 Å². The molecule has 3 heteroatoms. The van der Waals surface area contributed by atoms with Gasteiger partial charge in [-0.2, -0.15) is 0 Å². The Morgan fingerprint density at radius 3 is 2.16 bits per heavy atom. The Labute approximate surface area is 321 Å². The lowest BCUT2D eigenvalue weighted by Crippen LogP contribution is -2.13. The van der Waals surface area contributed by atoms with Crippen LogP contribution in [0.3, 0.4) is 0 Å². The second kappa shape index (κ2) is 10.1. The van der Waals surface area contributed by atoms with E-state index in [2.05, 4.69) is 185 Å². The summed E-state index contributed by atoms with van der Waals surface area (Å²) in [6.45, 7) is 0. The van der Waals surface area contributed by atoms with E-state index in [1.807, 2.05) is 0 Å². The van der Waals surface area contributed by atoms with Crippen LogP contribution in [0.1, 0.15) is 12.0 Å². The number of allylic oxidation sites excluding steroid dienone is 4. The summed E-state index contributed by atoms with van der Waals surface area (Å²) in [5.41, 5.74) is 15.9. The standard InChI is InChI=1S/C53H32N2O/c1-2-13-32(14-3-1)53-27-11-21-44(42(53)30-53)55-43-20-8-6-17-36(43)38-23-24-40-49-45(25-26-47-50(49)39-18-7-9-22-46(39)56-47)54(52(40)51(38)55)33-28-31-12-10-19-37-34-15-4-5-16-35(34)41(29-33)48(31)37/h1-29,42H,30H2. The summed E-state index contributed by atoms with van der Waals surface area (Å²) in [4.78, 5) is 0. The molecule has 14 rings (SSSR count). The summed E-state index contributed by atoms with van der Waals surface area (Å²) < 4.78 is 11.8. The number of fused-ring (bicyclic) bond motifs is 15. The first kappa shape index (κ1) is 29.3. The number of benzene rings is 8. The summed E-state index contributed by atoms with van der Waals surface area (Å²) in [5.74, 6) is 0.378. The minimum absolute atomic E-state index is 0.0130. The number of rotatable bonds is 3. The summed E-state index contributed by atoms with van der Waals surface area (Å²) in [6, 6.07) is 58.4. The van der Waals surface area contributed by atoms with Crippen LogP contribution in [-0.4, -0.2) is 9.13 Å². The molecule has 3 nitrogen and oxygen atoms in total. The van der Waals surface area contributed by atoms with Gasteiger partial charge in [0.15, 0.2) is 0 Å². The zero-order chi connectivity index (χ0) is 36.3. The second-order valence-corrected chi connectivity index (χ2v) is 16.0. The van der Waals surface area contributed by atoms with Crippen molar-refractivity contribution in [1.82, 2.24) is 9.13 Å². The van der Waals surface area contributed by atoms with E-state index >= 15 is 0 Å². The van der Waals surface area contributed by atoms with E-state index in [-0.39, 0.29) is 5.41 Å². The molecule has 2 unspecified atom stereocenters. The normalized spacial score (nSPS) is 18.2. The van der Waals surface area contributed by atoms with E-state index in [1.54, 1.807) is 0 Å². The van der Waals surface area contributed by atoms with E-state index in [9.17, 15) is 0 Å². The van der Waals surface area contributed by atoms with Crippen LogP contribution in [0.25, 0.3) is 110 Å². The van der Waals surface area contributed by atoms with Gasteiger partial charge in [0.25, 0.3) is 0 Å². The predicted molar refractivity (Wildman–Crippen MR) is 233 cm³/mol. The molecule has 0 amide bonds. The number of hydrogen-bond donors (Lipinski definition) is 0. The molecule has 3 aliphatic rings. The maximum absolute atomic E-state index is 6.56. The van der Waals surface area contributed by atoms with E-state index in [0.717, 1.165) is 23.0 Å². The van der Waals surface area contributed by atoms with E-state index in [1.165, 1.54) is 99.0 Å². The molecule has 3 aromatic heterocycles. The third-order valence-corrected chi connectivity index (χ3v) is 13.4. The summed E-state index contributed by atoms with van der Waals surface area (Å²) >= 11 is 0. The van der Waals surface area contributed by atoms with Crippen molar-refractivity contribution in [2.24, 2.45) is 5.92 Å². The van der Waals surface area contributed by atoms with Crippen LogP contribution in [0.15, 0.2) is 180 Å². The number of para-hydroxylation sites is 2. The van der Waals surface area contributed by atoms with Gasteiger partial charge in [-0.1, -0.05) is 133 Å². The third kappa shape index (κ3) is 3.51. The average molecular weight is 713 g/mol. The maximum Gasteiger partial charge on any atom is 0.136 e. The van der Waals surface area contributed by atoms with Crippen LogP contribution < -0.4 is 0 Å². The van der Waals surface area contributed by atoms with Crippen molar-refractivity contribution in [2.75, 3.05) is 0 Å². The Morgan fingerprint density at radius 2 is 1.25 bits per heavy atom. The highest BCUT2D eigenvalue weighted by molar-refractivity contribution is 6.32. The molecule has 0 aliphatic heterocycles. The van der Waals surface area contributed by atoms with Gasteiger partial charge < -0.3 is 13.6 Å². The third-order valence-electron chi connectivity index (χ3n) is 13.4. The Balaban J connectivity index is 1.17. The number of furan rings is 1. The molecule has 0 radical (unpaired) electrons. The minimum atomic E-state index is 0.0130. The first-order chi connectivity index (χ1) is 27.8. The molecule has 0 spiro atoms. The molecule has 0 N–H and O–H groups in total. The lowest BCUT2D eigenvalue weighted by Gasteiger charge is -2.21. The number of aromatic nitrogens is 2. The van der Waals surface area contributed by atoms with Crippen molar-refractivity contribution in [1.29, 1.82) is 0 Å². The monoisotopic (exact) mass is 712 g/mol. The molecule has 3 heterocycles. The van der Waals surface area contributed by atoms with Gasteiger partial charge in [-0.15, -0.1) is 0 Å². The zero-order valence-corrected chi connectivity index (χ0v) is 30.3. The second-order valence-electron chi connectivity index (χ2n) is 16.0. The quantitative estimate of drug-likeness (QED) is 0.179. The Hall–Kier alpha value is -7.10. The largest absolute Gasteiger partial charge is 0.456 e. The molecular weight excluding hydrogens is 681 g/mol. The molecule has 260 valence electrons. The van der Waals surface area contributed by atoms with Gasteiger partial charge >= 0.3 is 0 Å². The van der Waals surface area contributed by atoms with Crippen LogP contribution in [-0.2, 0) is 5.41 Å². The van der Waals surface area contributed by atoms with Crippen molar-refractivity contribution in [3.63, 3.8) is 0 Å². The van der Waals surface area contributed by atoms with Gasteiger partial charge in [0.2, 0.25) is 0 Å². The Morgan fingerprint density at radius 1 is 0.500 bits per heavy atom. The zero-order valence-electron chi connectivity index (χ0n) is 30.3. The van der Waals surface area contributed by atoms with E-state index in [0.29, 0.717) is 5.92 Å². The SMILES string of the molecule is C1=CC2(c3ccccc3)CC2C(n2c3ccccc3c3ccc4c5c6c(ccc5n(-c5cc7c8c(cccc8c5)-c5ccccc5-7)c4c32)oc2ccccc26)=C1. The van der Waals surface area contributed by atoms with Gasteiger partial charge in [-0.25, -0.2) is 0 Å². The molecule has 8 aromatic carbocycles. The smallest absolute Gasteiger partial charge is 0.136 e. The molecule has 2 atom stereocenters. The van der Waals surface area contributed by atoms with Gasteiger partial charge in [0, 0.05) is 55.0 Å². The molecule has 0 bridgehead atoms. The first-order valence-electron chi connectivity index (χ1n) is 19.7. The molecular formula is C53H32N2O. The van der Waals surface area contributed by atoms with Crippen molar-refractivity contribution < 1.29 is 4.42 Å². The average Bonchev–Trinajstić information content (AvgIpc) is 3.44. The number of nitrogens with zero attached hydrogens (tertiary/aromatic N) is 2. The summed E-state index contributed by atoms with van der Waals surface area (Å²) in [7, 11) is 0. The minimum Gasteiger partial charge on any atom is -0.456 e. The molecule has 1 saturated carbocycles. The van der Waals surface area contributed by atoms with Crippen molar-refractivity contribution in [3.8, 4) is 27.9 Å². The first-order valence-corrected chi connectivity index (χ1v) is 19.7. The fourth-order valence-electron chi connectivity index (χ4n) is 11.0. The van der Waals surface area contributed by atoms with Crippen molar-refractivity contribution in [3.05, 3.63) is 182 Å². The molecule has 0 saturated heterocycles. The van der Waals surface area contributed by atoms with Crippen LogP contribution in [0, 0.1) is 5.92 Å². The maximum atomic E-state index is 6.56. The van der Waals surface area contributed by atoms with Crippen LogP contribution in [0.5, 0.6) is 0 Å². The molecule has 11 aromatic rings. The number of hydrogen-bond acceptors (Lipinski definition) is 1. The van der Waals surface area contributed by atoms with Crippen LogP contribution in [0.2, 0.25) is 0 Å². The highest BCUT2D eigenvalue weighted by atomic mass is 16.3. The van der Waals surface area contributed by atoms with Crippen LogP contribution >= 0.6 is 0 Å². The highest BCUT2D eigenvalue weighted by Crippen LogP contribution is 2.63. The fourth-order valence-corrected chi connectivity index (χ4v) is 11.0. The molecule has 1 fully saturated rings. The molecule has 56 heavy (non-hydrogen) atoms. The fraction of sp³-hybridized carbons (Fsp3) is 0.0566. The summed E-state index contributed by atoms with van der Waals surface area (Å²) in [5, 5.41) is 9.93. The Kier molecular flexibility index (Phi) is 5.31. The van der Waals surface area contributed by atoms with Gasteiger partial charge in [-0.05, 0) is 87.5 Å². The summed E-state index contributed by atoms with van der Waals surface area (Å²) in [6.07, 6.45) is 8.24. The lowest BCUT2D eigenvalue weighted by molar-refractivity contribution is 0.669. The highest BCUT2D eigenvalue weighted by Gasteiger charge is 2.56.